The number of ether oxygens (including phenoxy) is 2. The summed E-state index contributed by atoms with van der Waals surface area (Å²) >= 11 is 3.35. The fraction of sp³-hybridized carbons (Fsp3) is 0.500. The Morgan fingerprint density at radius 1 is 1.50 bits per heavy atom. The maximum absolute atomic E-state index is 11.9. The van der Waals surface area contributed by atoms with Gasteiger partial charge in [0, 0.05) is 25.8 Å². The van der Waals surface area contributed by atoms with Crippen molar-refractivity contribution in [2.45, 2.75) is 26.1 Å². The summed E-state index contributed by atoms with van der Waals surface area (Å²) in [5.74, 6) is 0.301. The molecular weight excluding hydrogens is 326 g/mol. The molecule has 0 aliphatic rings. The molecule has 0 saturated carbocycles. The van der Waals surface area contributed by atoms with Crippen LogP contribution in [0.5, 0.6) is 5.75 Å². The third-order valence-electron chi connectivity index (χ3n) is 2.71. The number of rotatable bonds is 8. The zero-order valence-electron chi connectivity index (χ0n) is 11.7. The van der Waals surface area contributed by atoms with Crippen LogP contribution in [0.1, 0.15) is 18.9 Å². The van der Waals surface area contributed by atoms with E-state index in [0.29, 0.717) is 28.9 Å². The monoisotopic (exact) mass is 345 g/mol. The van der Waals surface area contributed by atoms with Crippen molar-refractivity contribution < 1.29 is 19.4 Å². The Morgan fingerprint density at radius 3 is 2.90 bits per heavy atom. The second-order valence-corrected chi connectivity index (χ2v) is 5.14. The first kappa shape index (κ1) is 16.9. The fourth-order valence-corrected chi connectivity index (χ4v) is 2.11. The minimum atomic E-state index is -0.637. The molecule has 1 atom stereocenters. The van der Waals surface area contributed by atoms with Crippen LogP contribution in [0.15, 0.2) is 22.7 Å². The van der Waals surface area contributed by atoms with Gasteiger partial charge in [-0.3, -0.25) is 4.79 Å². The van der Waals surface area contributed by atoms with Gasteiger partial charge in [0.15, 0.2) is 6.10 Å². The van der Waals surface area contributed by atoms with E-state index in [1.54, 1.807) is 32.2 Å². The number of halogens is 1. The fourth-order valence-electron chi connectivity index (χ4n) is 1.61. The molecule has 0 spiro atoms. The molecule has 0 aromatic heterocycles. The lowest BCUT2D eigenvalue weighted by Crippen LogP contribution is -2.37. The van der Waals surface area contributed by atoms with Crippen molar-refractivity contribution in [2.75, 3.05) is 20.3 Å². The van der Waals surface area contributed by atoms with Crippen molar-refractivity contribution in [1.29, 1.82) is 0 Å². The minimum absolute atomic E-state index is 0.142. The van der Waals surface area contributed by atoms with Crippen LogP contribution in [-0.2, 0) is 16.1 Å². The summed E-state index contributed by atoms with van der Waals surface area (Å²) in [6.45, 7) is 2.68. The van der Waals surface area contributed by atoms with E-state index < -0.39 is 6.10 Å². The molecule has 0 saturated heterocycles. The molecule has 1 aromatic carbocycles. The molecule has 1 amide bonds. The van der Waals surface area contributed by atoms with Gasteiger partial charge in [0.2, 0.25) is 0 Å². The van der Waals surface area contributed by atoms with E-state index in [1.807, 2.05) is 0 Å². The van der Waals surface area contributed by atoms with Crippen molar-refractivity contribution in [3.63, 3.8) is 0 Å². The highest BCUT2D eigenvalue weighted by Gasteiger charge is 2.17. The van der Waals surface area contributed by atoms with E-state index >= 15 is 0 Å². The van der Waals surface area contributed by atoms with Gasteiger partial charge in [-0.05, 0) is 35.3 Å². The molecule has 112 valence electrons. The molecule has 1 aromatic rings. The van der Waals surface area contributed by atoms with Crippen LogP contribution < -0.4 is 10.1 Å². The minimum Gasteiger partial charge on any atom is -0.479 e. The predicted octanol–water partition coefficient (Wildman–Crippen LogP) is 1.86. The molecular formula is C14H20BrNO4. The highest BCUT2D eigenvalue weighted by atomic mass is 79.9. The second-order valence-electron chi connectivity index (χ2n) is 4.28. The summed E-state index contributed by atoms with van der Waals surface area (Å²) in [6, 6.07) is 5.36. The number of amides is 1. The van der Waals surface area contributed by atoms with Gasteiger partial charge in [-0.15, -0.1) is 0 Å². The van der Waals surface area contributed by atoms with Gasteiger partial charge >= 0.3 is 0 Å². The van der Waals surface area contributed by atoms with Gasteiger partial charge in [0.05, 0.1) is 11.1 Å². The molecule has 0 aliphatic carbocycles. The zero-order valence-corrected chi connectivity index (χ0v) is 13.3. The number of hydrogen-bond acceptors (Lipinski definition) is 4. The lowest BCUT2D eigenvalue weighted by atomic mass is 10.2. The Balaban J connectivity index is 2.57. The molecule has 0 aliphatic heterocycles. The zero-order chi connectivity index (χ0) is 15.0. The van der Waals surface area contributed by atoms with Crippen LogP contribution in [0.4, 0.5) is 0 Å². The predicted molar refractivity (Wildman–Crippen MR) is 79.7 cm³/mol. The number of benzene rings is 1. The largest absolute Gasteiger partial charge is 0.479 e. The average molecular weight is 346 g/mol. The average Bonchev–Trinajstić information content (AvgIpc) is 2.45. The molecule has 0 fully saturated rings. The second kappa shape index (κ2) is 8.94. The van der Waals surface area contributed by atoms with Gasteiger partial charge in [0.25, 0.3) is 5.91 Å². The Labute approximate surface area is 127 Å². The van der Waals surface area contributed by atoms with Gasteiger partial charge in [0.1, 0.15) is 5.75 Å². The van der Waals surface area contributed by atoms with E-state index in [9.17, 15) is 9.90 Å². The van der Waals surface area contributed by atoms with Crippen LogP contribution in [0.2, 0.25) is 0 Å². The van der Waals surface area contributed by atoms with Crippen LogP contribution in [-0.4, -0.2) is 37.4 Å². The molecule has 0 bridgehead atoms. The number of carbonyl (C=O) groups excluding carboxylic acids is 1. The first-order valence-corrected chi connectivity index (χ1v) is 7.21. The Bertz CT molecular complexity index is 439. The topological polar surface area (TPSA) is 67.8 Å². The van der Waals surface area contributed by atoms with Crippen molar-refractivity contribution >= 4 is 21.8 Å². The van der Waals surface area contributed by atoms with E-state index in [-0.39, 0.29) is 12.5 Å². The quantitative estimate of drug-likeness (QED) is 0.705. The van der Waals surface area contributed by atoms with Gasteiger partial charge in [-0.1, -0.05) is 12.1 Å². The summed E-state index contributed by atoms with van der Waals surface area (Å²) in [7, 11) is 1.62. The number of aliphatic hydroxyl groups excluding tert-OH is 1. The molecule has 20 heavy (non-hydrogen) atoms. The first-order chi connectivity index (χ1) is 9.60. The van der Waals surface area contributed by atoms with Crippen molar-refractivity contribution in [3.05, 3.63) is 28.2 Å². The molecule has 0 heterocycles. The SMILES string of the molecule is COCCCNC(=O)C(C)Oc1c(Br)cccc1CO. The van der Waals surface area contributed by atoms with Crippen LogP contribution >= 0.6 is 15.9 Å². The van der Waals surface area contributed by atoms with Gasteiger partial charge in [-0.25, -0.2) is 0 Å². The number of carbonyl (C=O) groups is 1. The summed E-state index contributed by atoms with van der Waals surface area (Å²) in [6.07, 6.45) is 0.118. The third-order valence-corrected chi connectivity index (χ3v) is 3.33. The number of aliphatic hydroxyl groups is 1. The van der Waals surface area contributed by atoms with Gasteiger partial charge in [-0.2, -0.15) is 0 Å². The lowest BCUT2D eigenvalue weighted by Gasteiger charge is -2.17. The van der Waals surface area contributed by atoms with Crippen LogP contribution in [0, 0.1) is 0 Å². The van der Waals surface area contributed by atoms with E-state index in [2.05, 4.69) is 21.2 Å². The third kappa shape index (κ3) is 5.11. The lowest BCUT2D eigenvalue weighted by molar-refractivity contribution is -0.127. The highest BCUT2D eigenvalue weighted by molar-refractivity contribution is 9.10. The molecule has 1 rings (SSSR count). The summed E-state index contributed by atoms with van der Waals surface area (Å²) in [4.78, 5) is 11.9. The molecule has 6 heteroatoms. The molecule has 2 N–H and O–H groups in total. The molecule has 0 radical (unpaired) electrons. The van der Waals surface area contributed by atoms with E-state index in [0.717, 1.165) is 6.42 Å². The molecule has 5 nitrogen and oxygen atoms in total. The molecule has 1 unspecified atom stereocenters. The Morgan fingerprint density at radius 2 is 2.25 bits per heavy atom. The maximum Gasteiger partial charge on any atom is 0.260 e. The van der Waals surface area contributed by atoms with Gasteiger partial charge < -0.3 is 19.9 Å². The summed E-state index contributed by atoms with van der Waals surface area (Å²) in [5.41, 5.74) is 0.637. The standard InChI is InChI=1S/C14H20BrNO4/c1-10(14(18)16-7-4-8-19-2)20-13-11(9-17)5-3-6-12(13)15/h3,5-6,10,17H,4,7-9H2,1-2H3,(H,16,18). The summed E-state index contributed by atoms with van der Waals surface area (Å²) < 4.78 is 11.3. The van der Waals surface area contributed by atoms with Crippen molar-refractivity contribution in [3.8, 4) is 5.75 Å². The summed E-state index contributed by atoms with van der Waals surface area (Å²) in [5, 5.41) is 12.1. The number of para-hydroxylation sites is 1. The van der Waals surface area contributed by atoms with E-state index in [1.165, 1.54) is 0 Å². The maximum atomic E-state index is 11.9. The number of hydrogen-bond donors (Lipinski definition) is 2. The Hall–Kier alpha value is -1.11. The van der Waals surface area contributed by atoms with E-state index in [4.69, 9.17) is 9.47 Å². The van der Waals surface area contributed by atoms with Crippen LogP contribution in [0.25, 0.3) is 0 Å². The Kier molecular flexibility index (Phi) is 7.58. The van der Waals surface area contributed by atoms with Crippen molar-refractivity contribution in [2.24, 2.45) is 0 Å². The van der Waals surface area contributed by atoms with Crippen molar-refractivity contribution in [1.82, 2.24) is 5.32 Å². The number of nitrogens with one attached hydrogen (secondary N) is 1. The van der Waals surface area contributed by atoms with Crippen LogP contribution in [0.3, 0.4) is 0 Å². The normalized spacial score (nSPS) is 12.0. The highest BCUT2D eigenvalue weighted by Crippen LogP contribution is 2.30. The smallest absolute Gasteiger partial charge is 0.260 e. The first-order valence-electron chi connectivity index (χ1n) is 6.41. The number of methoxy groups -OCH3 is 1.